The van der Waals surface area contributed by atoms with Crippen LogP contribution in [-0.2, 0) is 17.6 Å². The monoisotopic (exact) mass is 339 g/mol. The summed E-state index contributed by atoms with van der Waals surface area (Å²) >= 11 is 0. The predicted molar refractivity (Wildman–Crippen MR) is 99.9 cm³/mol. The maximum Gasteiger partial charge on any atom is 0.220 e. The van der Waals surface area contributed by atoms with Gasteiger partial charge in [0.05, 0.1) is 0 Å². The molecule has 3 heterocycles. The van der Waals surface area contributed by atoms with Crippen LogP contribution in [0.25, 0.3) is 0 Å². The third kappa shape index (κ3) is 2.95. The topological polar surface area (TPSA) is 35.6 Å². The number of anilines is 1. The van der Waals surface area contributed by atoms with Crippen LogP contribution in [0.5, 0.6) is 0 Å². The molecule has 3 aliphatic heterocycles. The Morgan fingerprint density at radius 2 is 1.84 bits per heavy atom. The van der Waals surface area contributed by atoms with Crippen molar-refractivity contribution in [3.05, 3.63) is 29.3 Å². The lowest BCUT2D eigenvalue weighted by molar-refractivity contribution is -0.119. The molecule has 4 aliphatic rings. The van der Waals surface area contributed by atoms with Crippen molar-refractivity contribution in [2.45, 2.75) is 57.0 Å². The molecule has 0 spiro atoms. The zero-order valence-corrected chi connectivity index (χ0v) is 15.0. The lowest BCUT2D eigenvalue weighted by Gasteiger charge is -2.43. The molecule has 1 aliphatic carbocycles. The van der Waals surface area contributed by atoms with Gasteiger partial charge in [-0.25, -0.2) is 0 Å². The van der Waals surface area contributed by atoms with E-state index in [2.05, 4.69) is 33.3 Å². The average Bonchev–Trinajstić information content (AvgIpc) is 3.25. The molecule has 4 heteroatoms. The standard InChI is InChI=1S/C21H29N3O/c25-21-13-17-14-24(11-8-20(17)22-21)18-6-9-23(10-7-18)19-5-4-15-2-1-3-16(15)12-19/h4-5,12,17-18,20H,1-3,6-11,13-14H2,(H,22,25)/t17-,20+/m1/s1. The second kappa shape index (κ2) is 6.31. The summed E-state index contributed by atoms with van der Waals surface area (Å²) in [7, 11) is 0. The molecule has 1 N–H and O–H groups in total. The largest absolute Gasteiger partial charge is 0.371 e. The minimum atomic E-state index is 0.267. The number of aryl methyl sites for hydroxylation is 2. The molecule has 0 bridgehead atoms. The Balaban J connectivity index is 1.19. The summed E-state index contributed by atoms with van der Waals surface area (Å²) in [5.41, 5.74) is 4.59. The van der Waals surface area contributed by atoms with Crippen LogP contribution in [0.3, 0.4) is 0 Å². The highest BCUT2D eigenvalue weighted by Gasteiger charge is 2.39. The van der Waals surface area contributed by atoms with Crippen molar-refractivity contribution in [1.29, 1.82) is 0 Å². The highest BCUT2D eigenvalue weighted by Crippen LogP contribution is 2.31. The molecule has 0 saturated carbocycles. The second-order valence-electron chi connectivity index (χ2n) is 8.45. The molecule has 1 aromatic carbocycles. The van der Waals surface area contributed by atoms with Gasteiger partial charge in [-0.3, -0.25) is 9.69 Å². The highest BCUT2D eigenvalue weighted by molar-refractivity contribution is 5.79. The highest BCUT2D eigenvalue weighted by atomic mass is 16.2. The van der Waals surface area contributed by atoms with Crippen molar-refractivity contribution in [3.63, 3.8) is 0 Å². The third-order valence-corrected chi connectivity index (χ3v) is 6.99. The number of rotatable bonds is 2. The van der Waals surface area contributed by atoms with Gasteiger partial charge in [0.2, 0.25) is 5.91 Å². The van der Waals surface area contributed by atoms with Crippen LogP contribution >= 0.6 is 0 Å². The number of carbonyl (C=O) groups excluding carboxylic acids is 1. The first-order valence-electron chi connectivity index (χ1n) is 10.2. The summed E-state index contributed by atoms with van der Waals surface area (Å²) in [4.78, 5) is 16.9. The minimum absolute atomic E-state index is 0.267. The van der Waals surface area contributed by atoms with Crippen LogP contribution in [0.15, 0.2) is 18.2 Å². The number of carbonyl (C=O) groups is 1. The molecule has 1 amide bonds. The molecule has 0 radical (unpaired) electrons. The molecule has 4 nitrogen and oxygen atoms in total. The fourth-order valence-electron chi connectivity index (χ4n) is 5.54. The maximum atomic E-state index is 11.6. The van der Waals surface area contributed by atoms with E-state index in [4.69, 9.17) is 0 Å². The maximum absolute atomic E-state index is 11.6. The van der Waals surface area contributed by atoms with E-state index < -0.39 is 0 Å². The first kappa shape index (κ1) is 15.7. The zero-order chi connectivity index (χ0) is 16.8. The van der Waals surface area contributed by atoms with Crippen LogP contribution in [0, 0.1) is 5.92 Å². The number of likely N-dealkylation sites (tertiary alicyclic amines) is 1. The Hall–Kier alpha value is -1.55. The van der Waals surface area contributed by atoms with E-state index in [0.717, 1.165) is 25.9 Å². The lowest BCUT2D eigenvalue weighted by Crippen LogP contribution is -2.52. The van der Waals surface area contributed by atoms with E-state index in [1.807, 2.05) is 0 Å². The van der Waals surface area contributed by atoms with Gasteiger partial charge in [0.15, 0.2) is 0 Å². The Kier molecular flexibility index (Phi) is 3.96. The second-order valence-corrected chi connectivity index (χ2v) is 8.45. The molecule has 2 atom stereocenters. The van der Waals surface area contributed by atoms with Gasteiger partial charge >= 0.3 is 0 Å². The lowest BCUT2D eigenvalue weighted by atomic mass is 9.90. The Bertz CT molecular complexity index is 665. The van der Waals surface area contributed by atoms with Crippen LogP contribution in [-0.4, -0.2) is 49.1 Å². The van der Waals surface area contributed by atoms with Gasteiger partial charge in [0, 0.05) is 56.3 Å². The summed E-state index contributed by atoms with van der Waals surface area (Å²) in [6, 6.07) is 8.31. The molecule has 3 fully saturated rings. The normalized spacial score (nSPS) is 30.2. The summed E-state index contributed by atoms with van der Waals surface area (Å²) in [6.07, 6.45) is 8.27. The van der Waals surface area contributed by atoms with Gasteiger partial charge in [-0.05, 0) is 61.8 Å². The van der Waals surface area contributed by atoms with Gasteiger partial charge in [-0.1, -0.05) is 6.07 Å². The van der Waals surface area contributed by atoms with Gasteiger partial charge < -0.3 is 10.2 Å². The first-order chi connectivity index (χ1) is 12.3. The SMILES string of the molecule is O=C1C[C@@H]2CN(C3CCN(c4ccc5c(c4)CCC5)CC3)CC[C@@H]2N1. The fourth-order valence-corrected chi connectivity index (χ4v) is 5.54. The summed E-state index contributed by atoms with van der Waals surface area (Å²) in [6.45, 7) is 4.62. The zero-order valence-electron chi connectivity index (χ0n) is 15.0. The number of fused-ring (bicyclic) bond motifs is 2. The van der Waals surface area contributed by atoms with Gasteiger partial charge in [-0.15, -0.1) is 0 Å². The van der Waals surface area contributed by atoms with Crippen LogP contribution in [0.1, 0.15) is 43.2 Å². The van der Waals surface area contributed by atoms with Gasteiger partial charge in [0.1, 0.15) is 0 Å². The van der Waals surface area contributed by atoms with Crippen LogP contribution in [0.4, 0.5) is 5.69 Å². The molecule has 1 aromatic rings. The van der Waals surface area contributed by atoms with Crippen LogP contribution in [0.2, 0.25) is 0 Å². The molecule has 5 rings (SSSR count). The van der Waals surface area contributed by atoms with E-state index in [-0.39, 0.29) is 5.91 Å². The third-order valence-electron chi connectivity index (χ3n) is 6.99. The molecule has 0 unspecified atom stereocenters. The van der Waals surface area contributed by atoms with Crippen molar-refractivity contribution in [2.75, 3.05) is 31.1 Å². The van der Waals surface area contributed by atoms with Crippen molar-refractivity contribution < 1.29 is 4.79 Å². The van der Waals surface area contributed by atoms with E-state index in [9.17, 15) is 4.79 Å². The molecular formula is C21H29N3O. The molecule has 0 aromatic heterocycles. The van der Waals surface area contributed by atoms with Crippen LogP contribution < -0.4 is 10.2 Å². The Labute approximate surface area is 150 Å². The molecule has 134 valence electrons. The van der Waals surface area contributed by atoms with Crippen molar-refractivity contribution in [2.24, 2.45) is 5.92 Å². The van der Waals surface area contributed by atoms with E-state index in [1.165, 1.54) is 50.9 Å². The molecule has 3 saturated heterocycles. The van der Waals surface area contributed by atoms with Gasteiger partial charge in [0.25, 0.3) is 0 Å². The Morgan fingerprint density at radius 3 is 2.72 bits per heavy atom. The first-order valence-corrected chi connectivity index (χ1v) is 10.2. The minimum Gasteiger partial charge on any atom is -0.371 e. The molecule has 25 heavy (non-hydrogen) atoms. The van der Waals surface area contributed by atoms with Crippen molar-refractivity contribution >= 4 is 11.6 Å². The number of amides is 1. The van der Waals surface area contributed by atoms with E-state index in [0.29, 0.717) is 18.0 Å². The van der Waals surface area contributed by atoms with Gasteiger partial charge in [-0.2, -0.15) is 0 Å². The molecular weight excluding hydrogens is 310 g/mol. The average molecular weight is 339 g/mol. The summed E-state index contributed by atoms with van der Waals surface area (Å²) in [5.74, 6) is 0.819. The predicted octanol–water partition coefficient (Wildman–Crippen LogP) is 2.35. The number of hydrogen-bond acceptors (Lipinski definition) is 3. The van der Waals surface area contributed by atoms with Crippen molar-refractivity contribution in [1.82, 2.24) is 10.2 Å². The van der Waals surface area contributed by atoms with Crippen molar-refractivity contribution in [3.8, 4) is 0 Å². The fraction of sp³-hybridized carbons (Fsp3) is 0.667. The number of nitrogens with one attached hydrogen (secondary N) is 1. The number of benzene rings is 1. The summed E-state index contributed by atoms with van der Waals surface area (Å²) in [5, 5.41) is 3.15. The number of hydrogen-bond donors (Lipinski definition) is 1. The number of piperidine rings is 2. The Morgan fingerprint density at radius 1 is 1.00 bits per heavy atom. The quantitative estimate of drug-likeness (QED) is 0.898. The smallest absolute Gasteiger partial charge is 0.220 e. The summed E-state index contributed by atoms with van der Waals surface area (Å²) < 4.78 is 0. The van der Waals surface area contributed by atoms with E-state index in [1.54, 1.807) is 11.1 Å². The van der Waals surface area contributed by atoms with E-state index >= 15 is 0 Å². The number of nitrogens with zero attached hydrogens (tertiary/aromatic N) is 2.